The van der Waals surface area contributed by atoms with Crippen molar-refractivity contribution in [3.05, 3.63) is 12.5 Å². The summed E-state index contributed by atoms with van der Waals surface area (Å²) in [5.74, 6) is 1.68. The van der Waals surface area contributed by atoms with Crippen LogP contribution in [0.1, 0.15) is 46.5 Å². The molecular formula is C17H25N5O. The van der Waals surface area contributed by atoms with Gasteiger partial charge in [0.1, 0.15) is 12.1 Å². The van der Waals surface area contributed by atoms with Crippen LogP contribution in [-0.4, -0.2) is 38.5 Å². The predicted octanol–water partition coefficient (Wildman–Crippen LogP) is 2.95. The van der Waals surface area contributed by atoms with E-state index in [2.05, 4.69) is 41.2 Å². The average molecular weight is 315 g/mol. The van der Waals surface area contributed by atoms with Gasteiger partial charge in [0.2, 0.25) is 0 Å². The van der Waals surface area contributed by atoms with Gasteiger partial charge in [-0.1, -0.05) is 0 Å². The molecule has 2 atom stereocenters. The molecule has 124 valence electrons. The third kappa shape index (κ3) is 2.92. The Kier molecular flexibility index (Phi) is 3.52. The number of hydrogen-bond donors (Lipinski definition) is 1. The molecule has 1 aliphatic heterocycles. The number of rotatable bonds is 3. The summed E-state index contributed by atoms with van der Waals surface area (Å²) >= 11 is 0. The van der Waals surface area contributed by atoms with Gasteiger partial charge in [0.15, 0.2) is 5.65 Å². The second kappa shape index (κ2) is 5.44. The van der Waals surface area contributed by atoms with E-state index in [0.29, 0.717) is 12.1 Å². The van der Waals surface area contributed by atoms with Crippen molar-refractivity contribution < 1.29 is 4.74 Å². The van der Waals surface area contributed by atoms with E-state index in [9.17, 15) is 0 Å². The van der Waals surface area contributed by atoms with Crippen LogP contribution in [-0.2, 0) is 10.3 Å². The minimum Gasteiger partial charge on any atom is -0.378 e. The number of nitrogens with zero attached hydrogens (tertiary/aromatic N) is 4. The Labute approximate surface area is 136 Å². The summed E-state index contributed by atoms with van der Waals surface area (Å²) in [6.45, 7) is 7.24. The molecule has 0 radical (unpaired) electrons. The Morgan fingerprint density at radius 1 is 1.22 bits per heavy atom. The van der Waals surface area contributed by atoms with Gasteiger partial charge in [-0.3, -0.25) is 0 Å². The van der Waals surface area contributed by atoms with Crippen molar-refractivity contribution in [1.29, 1.82) is 0 Å². The van der Waals surface area contributed by atoms with Gasteiger partial charge in [0, 0.05) is 12.6 Å². The molecule has 4 rings (SSSR count). The molecular weight excluding hydrogens is 290 g/mol. The number of aromatic nitrogens is 4. The minimum absolute atomic E-state index is 0.0941. The lowest BCUT2D eigenvalue weighted by Crippen LogP contribution is -2.35. The molecule has 0 bridgehead atoms. The molecule has 6 nitrogen and oxygen atoms in total. The Morgan fingerprint density at radius 3 is 2.78 bits per heavy atom. The summed E-state index contributed by atoms with van der Waals surface area (Å²) in [4.78, 5) is 8.90. The van der Waals surface area contributed by atoms with E-state index in [-0.39, 0.29) is 5.54 Å². The molecule has 1 aliphatic carbocycles. The Balaban J connectivity index is 1.58. The maximum Gasteiger partial charge on any atom is 0.163 e. The molecule has 23 heavy (non-hydrogen) atoms. The topological polar surface area (TPSA) is 64.9 Å². The second-order valence-electron chi connectivity index (χ2n) is 7.80. The maximum atomic E-state index is 5.92. The lowest BCUT2D eigenvalue weighted by atomic mass is 10.00. The lowest BCUT2D eigenvalue weighted by Gasteiger charge is -2.30. The molecule has 2 fully saturated rings. The molecule has 2 aromatic heterocycles. The Morgan fingerprint density at radius 2 is 2.04 bits per heavy atom. The number of ether oxygens (including phenoxy) is 1. The van der Waals surface area contributed by atoms with Crippen molar-refractivity contribution >= 4 is 16.9 Å². The molecule has 0 spiro atoms. The fourth-order valence-electron chi connectivity index (χ4n) is 3.40. The summed E-state index contributed by atoms with van der Waals surface area (Å²) in [5, 5.41) is 9.14. The average Bonchev–Trinajstić information content (AvgIpc) is 3.25. The first-order chi connectivity index (χ1) is 11.0. The van der Waals surface area contributed by atoms with Crippen molar-refractivity contribution in [3.8, 4) is 0 Å². The highest BCUT2D eigenvalue weighted by molar-refractivity contribution is 5.86. The third-order valence-corrected chi connectivity index (χ3v) is 4.80. The van der Waals surface area contributed by atoms with Crippen LogP contribution in [0.15, 0.2) is 12.5 Å². The van der Waals surface area contributed by atoms with Crippen molar-refractivity contribution in [3.63, 3.8) is 0 Å². The van der Waals surface area contributed by atoms with Crippen LogP contribution in [0, 0.1) is 5.92 Å². The highest BCUT2D eigenvalue weighted by Crippen LogP contribution is 2.38. The van der Waals surface area contributed by atoms with E-state index in [1.54, 1.807) is 6.33 Å². The highest BCUT2D eigenvalue weighted by Gasteiger charge is 2.36. The molecule has 6 heteroatoms. The van der Waals surface area contributed by atoms with Crippen LogP contribution in [0.2, 0.25) is 0 Å². The van der Waals surface area contributed by atoms with E-state index in [1.807, 2.05) is 10.9 Å². The Bertz CT molecular complexity index is 701. The molecule has 2 aromatic rings. The fraction of sp³-hybridized carbons (Fsp3) is 0.706. The van der Waals surface area contributed by atoms with Crippen molar-refractivity contribution in [2.24, 2.45) is 5.92 Å². The zero-order valence-corrected chi connectivity index (χ0v) is 14.1. The molecule has 1 saturated heterocycles. The Hall–Kier alpha value is -1.69. The van der Waals surface area contributed by atoms with Gasteiger partial charge in [-0.25, -0.2) is 14.6 Å². The van der Waals surface area contributed by atoms with Gasteiger partial charge in [0.05, 0.1) is 23.2 Å². The minimum atomic E-state index is -0.0941. The molecule has 2 aliphatic rings. The van der Waals surface area contributed by atoms with E-state index in [4.69, 9.17) is 4.74 Å². The van der Waals surface area contributed by atoms with E-state index >= 15 is 0 Å². The van der Waals surface area contributed by atoms with Gasteiger partial charge in [0.25, 0.3) is 0 Å². The van der Waals surface area contributed by atoms with Gasteiger partial charge in [-0.2, -0.15) is 5.10 Å². The first-order valence-corrected chi connectivity index (χ1v) is 8.60. The summed E-state index contributed by atoms with van der Waals surface area (Å²) in [5.41, 5.74) is 0.796. The summed E-state index contributed by atoms with van der Waals surface area (Å²) in [7, 11) is 0. The summed E-state index contributed by atoms with van der Waals surface area (Å²) < 4.78 is 7.88. The smallest absolute Gasteiger partial charge is 0.163 e. The molecule has 1 saturated carbocycles. The summed E-state index contributed by atoms with van der Waals surface area (Å²) in [6.07, 6.45) is 8.69. The lowest BCUT2D eigenvalue weighted by molar-refractivity contribution is -0.00221. The van der Waals surface area contributed by atoms with E-state index in [1.165, 1.54) is 12.8 Å². The van der Waals surface area contributed by atoms with Crippen molar-refractivity contribution in [1.82, 2.24) is 19.7 Å². The van der Waals surface area contributed by atoms with Gasteiger partial charge in [-0.05, 0) is 52.4 Å². The highest BCUT2D eigenvalue weighted by atomic mass is 16.5. The first-order valence-electron chi connectivity index (χ1n) is 8.60. The molecule has 0 aromatic carbocycles. The molecule has 0 amide bonds. The largest absolute Gasteiger partial charge is 0.378 e. The number of anilines is 1. The van der Waals surface area contributed by atoms with Crippen LogP contribution in [0.3, 0.4) is 0 Å². The quantitative estimate of drug-likeness (QED) is 0.943. The normalized spacial score (nSPS) is 25.7. The molecule has 1 N–H and O–H groups in total. The number of fused-ring (bicyclic) bond motifs is 1. The van der Waals surface area contributed by atoms with Gasteiger partial charge >= 0.3 is 0 Å². The van der Waals surface area contributed by atoms with E-state index < -0.39 is 0 Å². The second-order valence-corrected chi connectivity index (χ2v) is 7.80. The van der Waals surface area contributed by atoms with Crippen LogP contribution in [0.25, 0.3) is 11.0 Å². The van der Waals surface area contributed by atoms with E-state index in [0.717, 1.165) is 42.2 Å². The number of hydrogen-bond acceptors (Lipinski definition) is 5. The number of nitrogens with one attached hydrogen (secondary N) is 1. The van der Waals surface area contributed by atoms with Crippen LogP contribution in [0.4, 0.5) is 5.82 Å². The zero-order chi connectivity index (χ0) is 16.0. The standard InChI is InChI=1S/C17H25N5O/c1-17(2,3)22-16-13(9-20-22)15(18-10-19-16)21-12-6-7-23-14(8-12)11-4-5-11/h9-12,14H,4-8H2,1-3H3,(H,18,19,21). The molecule has 2 unspecified atom stereocenters. The SMILES string of the molecule is CC(C)(C)n1ncc2c(NC3CCOC(C4CC4)C3)ncnc21. The maximum absolute atomic E-state index is 5.92. The van der Waals surface area contributed by atoms with Gasteiger partial charge < -0.3 is 10.1 Å². The van der Waals surface area contributed by atoms with Gasteiger partial charge in [-0.15, -0.1) is 0 Å². The fourth-order valence-corrected chi connectivity index (χ4v) is 3.40. The van der Waals surface area contributed by atoms with Crippen LogP contribution < -0.4 is 5.32 Å². The first kappa shape index (κ1) is 14.9. The van der Waals surface area contributed by atoms with Crippen molar-refractivity contribution in [2.45, 2.75) is 64.1 Å². The monoisotopic (exact) mass is 315 g/mol. The van der Waals surface area contributed by atoms with Crippen molar-refractivity contribution in [2.75, 3.05) is 11.9 Å². The molecule has 3 heterocycles. The van der Waals surface area contributed by atoms with Crippen LogP contribution in [0.5, 0.6) is 0 Å². The van der Waals surface area contributed by atoms with Crippen LogP contribution >= 0.6 is 0 Å². The predicted molar refractivity (Wildman–Crippen MR) is 89.4 cm³/mol. The summed E-state index contributed by atoms with van der Waals surface area (Å²) in [6, 6.07) is 0.422. The third-order valence-electron chi connectivity index (χ3n) is 4.80. The zero-order valence-electron chi connectivity index (χ0n) is 14.1.